The Labute approximate surface area is 77.9 Å². The molecule has 1 aromatic rings. The third kappa shape index (κ3) is 3.91. The second-order valence-corrected chi connectivity index (χ2v) is 1.69. The van der Waals surface area contributed by atoms with Gasteiger partial charge in [-0.05, 0) is 5.56 Å². The number of nitrogens with two attached hydrogens (primary N) is 1. The van der Waals surface area contributed by atoms with Gasteiger partial charge in [-0.3, -0.25) is 0 Å². The third-order valence-electron chi connectivity index (χ3n) is 1.08. The van der Waals surface area contributed by atoms with Crippen LogP contribution in [0.4, 0.5) is 0 Å². The van der Waals surface area contributed by atoms with Gasteiger partial charge in [0.15, 0.2) is 0 Å². The summed E-state index contributed by atoms with van der Waals surface area (Å²) in [5, 5.41) is 0. The minimum atomic E-state index is 0. The molecule has 2 N–H and O–H groups in total. The molecule has 0 aliphatic rings. The molecule has 1 radical (unpaired) electrons. The van der Waals surface area contributed by atoms with Crippen molar-refractivity contribution in [2.24, 2.45) is 5.73 Å². The second kappa shape index (κ2) is 7.10. The molecule has 3 heteroatoms. The number of benzene rings is 1. The first-order valence-electron chi connectivity index (χ1n) is 2.67. The molecule has 0 atom stereocenters. The topological polar surface area (TPSA) is 26.0 Å². The van der Waals surface area contributed by atoms with Crippen LogP contribution in [0.15, 0.2) is 30.3 Å². The average Bonchev–Trinajstić information content (AvgIpc) is 1.90. The first-order chi connectivity index (χ1) is 3.93. The molecule has 1 nitrogen and oxygen atoms in total. The minimum absolute atomic E-state index is 0. The Balaban J connectivity index is 0. The number of hydrogen-bond donors (Lipinski definition) is 1. The van der Waals surface area contributed by atoms with Crippen molar-refractivity contribution in [2.45, 2.75) is 6.54 Å². The van der Waals surface area contributed by atoms with Gasteiger partial charge in [0.25, 0.3) is 0 Å². The van der Waals surface area contributed by atoms with Crippen molar-refractivity contribution in [1.82, 2.24) is 0 Å². The average molecular weight is 207 g/mol. The molecular formula is C7H10ClCuN. The van der Waals surface area contributed by atoms with Gasteiger partial charge in [-0.15, -0.1) is 12.4 Å². The minimum Gasteiger partial charge on any atom is -0.326 e. The van der Waals surface area contributed by atoms with Gasteiger partial charge in [0, 0.05) is 23.6 Å². The van der Waals surface area contributed by atoms with Gasteiger partial charge in [-0.1, -0.05) is 30.3 Å². The molecule has 0 heterocycles. The van der Waals surface area contributed by atoms with Crippen molar-refractivity contribution >= 4 is 12.4 Å². The van der Waals surface area contributed by atoms with Crippen LogP contribution in [-0.2, 0) is 23.6 Å². The van der Waals surface area contributed by atoms with Crippen LogP contribution < -0.4 is 5.73 Å². The molecule has 0 aromatic heterocycles. The van der Waals surface area contributed by atoms with Gasteiger partial charge in [0.1, 0.15) is 0 Å². The summed E-state index contributed by atoms with van der Waals surface area (Å²) in [6, 6.07) is 9.99. The van der Waals surface area contributed by atoms with Crippen LogP contribution in [0.3, 0.4) is 0 Å². The smallest absolute Gasteiger partial charge is 0.0178 e. The Morgan fingerprint density at radius 2 is 1.60 bits per heavy atom. The first kappa shape index (κ1) is 12.6. The molecule has 0 aliphatic carbocycles. The predicted octanol–water partition coefficient (Wildman–Crippen LogP) is 1.56. The van der Waals surface area contributed by atoms with Gasteiger partial charge in [0.05, 0.1) is 0 Å². The van der Waals surface area contributed by atoms with Crippen LogP contribution in [0.25, 0.3) is 0 Å². The Hall–Kier alpha value is -0.0105. The summed E-state index contributed by atoms with van der Waals surface area (Å²) in [4.78, 5) is 0. The standard InChI is InChI=1S/C7H9N.ClH.Cu/c8-6-7-4-2-1-3-5-7;;/h1-5H,6,8H2;1H;. The van der Waals surface area contributed by atoms with Crippen LogP contribution in [-0.4, -0.2) is 0 Å². The Kier molecular flexibility index (Phi) is 8.98. The molecule has 0 unspecified atom stereocenters. The van der Waals surface area contributed by atoms with Crippen molar-refractivity contribution in [3.8, 4) is 0 Å². The van der Waals surface area contributed by atoms with E-state index in [0.29, 0.717) is 6.54 Å². The summed E-state index contributed by atoms with van der Waals surface area (Å²) < 4.78 is 0. The number of rotatable bonds is 1. The fraction of sp³-hybridized carbons (Fsp3) is 0.143. The number of hydrogen-bond acceptors (Lipinski definition) is 1. The van der Waals surface area contributed by atoms with E-state index in [2.05, 4.69) is 0 Å². The molecule has 0 saturated carbocycles. The molecule has 0 amide bonds. The molecule has 0 aliphatic heterocycles. The van der Waals surface area contributed by atoms with E-state index in [-0.39, 0.29) is 29.5 Å². The van der Waals surface area contributed by atoms with Gasteiger partial charge in [0.2, 0.25) is 0 Å². The van der Waals surface area contributed by atoms with Crippen LogP contribution in [0, 0.1) is 0 Å². The van der Waals surface area contributed by atoms with E-state index >= 15 is 0 Å². The number of halogens is 1. The molecule has 1 rings (SSSR count). The zero-order chi connectivity index (χ0) is 5.82. The molecule has 10 heavy (non-hydrogen) atoms. The first-order valence-corrected chi connectivity index (χ1v) is 2.67. The summed E-state index contributed by atoms with van der Waals surface area (Å²) >= 11 is 0. The predicted molar refractivity (Wildman–Crippen MR) is 41.6 cm³/mol. The van der Waals surface area contributed by atoms with Gasteiger partial charge < -0.3 is 5.73 Å². The maximum absolute atomic E-state index is 5.35. The zero-order valence-corrected chi connectivity index (χ0v) is 7.14. The molecular weight excluding hydrogens is 197 g/mol. The Bertz CT molecular complexity index is 155. The summed E-state index contributed by atoms with van der Waals surface area (Å²) in [5.74, 6) is 0. The molecule has 61 valence electrons. The Morgan fingerprint density at radius 1 is 1.10 bits per heavy atom. The van der Waals surface area contributed by atoms with E-state index in [1.54, 1.807) is 0 Å². The molecule has 0 bridgehead atoms. The van der Waals surface area contributed by atoms with Gasteiger partial charge in [-0.2, -0.15) is 0 Å². The van der Waals surface area contributed by atoms with Crippen LogP contribution in [0.2, 0.25) is 0 Å². The van der Waals surface area contributed by atoms with Crippen LogP contribution >= 0.6 is 12.4 Å². The third-order valence-corrected chi connectivity index (χ3v) is 1.08. The summed E-state index contributed by atoms with van der Waals surface area (Å²) in [5.41, 5.74) is 6.54. The van der Waals surface area contributed by atoms with Crippen molar-refractivity contribution in [1.29, 1.82) is 0 Å². The molecule has 0 spiro atoms. The largest absolute Gasteiger partial charge is 0.326 e. The van der Waals surface area contributed by atoms with E-state index in [1.807, 2.05) is 30.3 Å². The maximum Gasteiger partial charge on any atom is 0.0178 e. The summed E-state index contributed by atoms with van der Waals surface area (Å²) in [6.07, 6.45) is 0. The Morgan fingerprint density at radius 3 is 1.90 bits per heavy atom. The van der Waals surface area contributed by atoms with Crippen LogP contribution in [0.1, 0.15) is 5.56 Å². The van der Waals surface area contributed by atoms with Crippen molar-refractivity contribution in [3.63, 3.8) is 0 Å². The van der Waals surface area contributed by atoms with Crippen molar-refractivity contribution < 1.29 is 17.1 Å². The van der Waals surface area contributed by atoms with Crippen molar-refractivity contribution in [3.05, 3.63) is 35.9 Å². The van der Waals surface area contributed by atoms with E-state index < -0.39 is 0 Å². The van der Waals surface area contributed by atoms with E-state index in [4.69, 9.17) is 5.73 Å². The van der Waals surface area contributed by atoms with Gasteiger partial charge in [-0.25, -0.2) is 0 Å². The molecule has 0 saturated heterocycles. The molecule has 1 aromatic carbocycles. The second-order valence-electron chi connectivity index (χ2n) is 1.69. The quantitative estimate of drug-likeness (QED) is 0.695. The maximum atomic E-state index is 5.35. The molecule has 0 fully saturated rings. The van der Waals surface area contributed by atoms with E-state index in [1.165, 1.54) is 5.56 Å². The van der Waals surface area contributed by atoms with E-state index in [0.717, 1.165) is 0 Å². The normalized spacial score (nSPS) is 7.30. The summed E-state index contributed by atoms with van der Waals surface area (Å²) in [6.45, 7) is 0.640. The summed E-state index contributed by atoms with van der Waals surface area (Å²) in [7, 11) is 0. The fourth-order valence-electron chi connectivity index (χ4n) is 0.614. The van der Waals surface area contributed by atoms with Crippen LogP contribution in [0.5, 0.6) is 0 Å². The SMILES string of the molecule is Cl.NCc1ccccc1.[Cu]. The van der Waals surface area contributed by atoms with Gasteiger partial charge >= 0.3 is 0 Å². The zero-order valence-electron chi connectivity index (χ0n) is 5.38. The fourth-order valence-corrected chi connectivity index (χ4v) is 0.614. The monoisotopic (exact) mass is 206 g/mol. The van der Waals surface area contributed by atoms with E-state index in [9.17, 15) is 0 Å². The van der Waals surface area contributed by atoms with Crippen molar-refractivity contribution in [2.75, 3.05) is 0 Å².